The highest BCUT2D eigenvalue weighted by Crippen LogP contribution is 2.05. The number of carbonyl (C=O) groups is 1. The van der Waals surface area contributed by atoms with Gasteiger partial charge in [0.15, 0.2) is 5.69 Å². The number of hydrogen-bond acceptors (Lipinski definition) is 5. The van der Waals surface area contributed by atoms with E-state index in [4.69, 9.17) is 10.8 Å². The zero-order valence-corrected chi connectivity index (χ0v) is 7.93. The first-order chi connectivity index (χ1) is 6.72. The summed E-state index contributed by atoms with van der Waals surface area (Å²) in [6.07, 6.45) is 0. The summed E-state index contributed by atoms with van der Waals surface area (Å²) in [5, 5.41) is 12.9. The topological polar surface area (TPSA) is 90.4 Å². The number of carbonyl (C=O) groups excluding carboxylic acids is 1. The third kappa shape index (κ3) is 2.09. The van der Waals surface area contributed by atoms with Crippen molar-refractivity contribution in [3.05, 3.63) is 17.5 Å². The second-order valence-corrected chi connectivity index (χ2v) is 2.68. The highest BCUT2D eigenvalue weighted by Gasteiger charge is 2.13. The third-order valence-corrected chi connectivity index (χ3v) is 1.76. The molecule has 0 unspecified atom stereocenters. The Hall–Kier alpha value is -1.40. The maximum Gasteiger partial charge on any atom is 0.358 e. The predicted molar refractivity (Wildman–Crippen MR) is 48.5 cm³/mol. The van der Waals surface area contributed by atoms with Crippen LogP contribution in [0.5, 0.6) is 0 Å². The van der Waals surface area contributed by atoms with Crippen LogP contribution in [0.15, 0.2) is 6.07 Å². The molecule has 0 aliphatic rings. The number of rotatable bonds is 4. The summed E-state index contributed by atoms with van der Waals surface area (Å²) in [7, 11) is 1.28. The highest BCUT2D eigenvalue weighted by molar-refractivity contribution is 5.87. The number of methoxy groups -OCH3 is 1. The molecular weight excluding hydrogens is 186 g/mol. The van der Waals surface area contributed by atoms with Crippen LogP contribution in [0.1, 0.15) is 16.2 Å². The fourth-order valence-corrected chi connectivity index (χ4v) is 1.10. The van der Waals surface area contributed by atoms with E-state index in [1.165, 1.54) is 17.9 Å². The maximum absolute atomic E-state index is 11.1. The van der Waals surface area contributed by atoms with Crippen LogP contribution < -0.4 is 5.73 Å². The summed E-state index contributed by atoms with van der Waals surface area (Å²) in [6, 6.07) is 1.49. The van der Waals surface area contributed by atoms with Gasteiger partial charge in [0.25, 0.3) is 0 Å². The molecule has 1 heterocycles. The summed E-state index contributed by atoms with van der Waals surface area (Å²) < 4.78 is 5.99. The van der Waals surface area contributed by atoms with Crippen LogP contribution in [0.25, 0.3) is 0 Å². The average Bonchev–Trinajstić information content (AvgIpc) is 2.60. The summed E-state index contributed by atoms with van der Waals surface area (Å²) >= 11 is 0. The van der Waals surface area contributed by atoms with Gasteiger partial charge >= 0.3 is 5.97 Å². The number of nitrogens with two attached hydrogens (primary N) is 1. The van der Waals surface area contributed by atoms with Crippen molar-refractivity contribution in [3.63, 3.8) is 0 Å². The molecule has 0 aliphatic carbocycles. The molecule has 78 valence electrons. The zero-order chi connectivity index (χ0) is 10.6. The van der Waals surface area contributed by atoms with Gasteiger partial charge in [0.1, 0.15) is 0 Å². The number of nitrogens with zero attached hydrogens (tertiary/aromatic N) is 2. The Morgan fingerprint density at radius 2 is 2.50 bits per heavy atom. The number of aliphatic hydroxyl groups excluding tert-OH is 1. The maximum atomic E-state index is 11.1. The Balaban J connectivity index is 2.94. The normalized spacial score (nSPS) is 10.2. The van der Waals surface area contributed by atoms with Crippen molar-refractivity contribution in [2.75, 3.05) is 13.7 Å². The van der Waals surface area contributed by atoms with Gasteiger partial charge in [-0.3, -0.25) is 4.68 Å². The number of esters is 1. The van der Waals surface area contributed by atoms with Crippen molar-refractivity contribution < 1.29 is 14.6 Å². The minimum atomic E-state index is -0.518. The molecule has 3 N–H and O–H groups in total. The van der Waals surface area contributed by atoms with Crippen molar-refractivity contribution in [1.82, 2.24) is 9.78 Å². The van der Waals surface area contributed by atoms with Gasteiger partial charge in [-0.15, -0.1) is 0 Å². The lowest BCUT2D eigenvalue weighted by molar-refractivity contribution is 0.0593. The molecule has 6 nitrogen and oxygen atoms in total. The number of aliphatic hydroxyl groups is 1. The smallest absolute Gasteiger partial charge is 0.358 e. The van der Waals surface area contributed by atoms with Crippen LogP contribution in [0, 0.1) is 0 Å². The average molecular weight is 199 g/mol. The van der Waals surface area contributed by atoms with Crippen LogP contribution in [-0.2, 0) is 17.9 Å². The second-order valence-electron chi connectivity index (χ2n) is 2.68. The van der Waals surface area contributed by atoms with E-state index in [1.54, 1.807) is 0 Å². The molecule has 1 aromatic heterocycles. The van der Waals surface area contributed by atoms with Crippen molar-refractivity contribution in [1.29, 1.82) is 0 Å². The van der Waals surface area contributed by atoms with E-state index in [0.29, 0.717) is 18.8 Å². The van der Waals surface area contributed by atoms with E-state index in [-0.39, 0.29) is 12.3 Å². The highest BCUT2D eigenvalue weighted by atomic mass is 16.5. The van der Waals surface area contributed by atoms with E-state index in [1.807, 2.05) is 0 Å². The monoisotopic (exact) mass is 199 g/mol. The Bertz CT molecular complexity index is 322. The molecule has 0 aromatic carbocycles. The van der Waals surface area contributed by atoms with Gasteiger partial charge < -0.3 is 15.6 Å². The summed E-state index contributed by atoms with van der Waals surface area (Å²) in [6.45, 7) is 0.687. The minimum Gasteiger partial charge on any atom is -0.464 e. The van der Waals surface area contributed by atoms with E-state index >= 15 is 0 Å². The molecule has 0 bridgehead atoms. The SMILES string of the molecule is COC(=O)c1cc(CO)n(CCN)n1. The molecule has 14 heavy (non-hydrogen) atoms. The quantitative estimate of drug-likeness (QED) is 0.614. The van der Waals surface area contributed by atoms with E-state index in [9.17, 15) is 4.79 Å². The molecule has 0 saturated heterocycles. The molecule has 0 atom stereocenters. The minimum absolute atomic E-state index is 0.177. The molecular formula is C8H13N3O3. The van der Waals surface area contributed by atoms with Crippen molar-refractivity contribution in [2.24, 2.45) is 5.73 Å². The zero-order valence-electron chi connectivity index (χ0n) is 7.93. The van der Waals surface area contributed by atoms with Gasteiger partial charge in [-0.25, -0.2) is 4.79 Å². The third-order valence-electron chi connectivity index (χ3n) is 1.76. The van der Waals surface area contributed by atoms with Crippen LogP contribution >= 0.6 is 0 Å². The van der Waals surface area contributed by atoms with Gasteiger partial charge in [-0.05, 0) is 6.07 Å². The van der Waals surface area contributed by atoms with Crippen LogP contribution in [0.4, 0.5) is 0 Å². The number of aromatic nitrogens is 2. The lowest BCUT2D eigenvalue weighted by atomic mass is 10.3. The summed E-state index contributed by atoms with van der Waals surface area (Å²) in [5.41, 5.74) is 6.08. The van der Waals surface area contributed by atoms with E-state index < -0.39 is 5.97 Å². The molecule has 0 saturated carbocycles. The lowest BCUT2D eigenvalue weighted by Crippen LogP contribution is -2.14. The fourth-order valence-electron chi connectivity index (χ4n) is 1.10. The van der Waals surface area contributed by atoms with E-state index in [0.717, 1.165) is 0 Å². The summed E-state index contributed by atoms with van der Waals surface area (Å²) in [5.74, 6) is -0.518. The second kappa shape index (κ2) is 4.73. The molecule has 6 heteroatoms. The molecule has 1 rings (SSSR count). The standard InChI is InChI=1S/C8H13N3O3/c1-14-8(13)7-4-6(5-12)11(10-7)3-2-9/h4,12H,2-3,5,9H2,1H3. The van der Waals surface area contributed by atoms with Crippen molar-refractivity contribution >= 4 is 5.97 Å². The Labute approximate surface area is 81.3 Å². The van der Waals surface area contributed by atoms with Crippen molar-refractivity contribution in [3.8, 4) is 0 Å². The first-order valence-electron chi connectivity index (χ1n) is 4.19. The van der Waals surface area contributed by atoms with Crippen LogP contribution in [-0.4, -0.2) is 34.5 Å². The Kier molecular flexibility index (Phi) is 3.61. The van der Waals surface area contributed by atoms with Gasteiger partial charge in [0.2, 0.25) is 0 Å². The Morgan fingerprint density at radius 3 is 3.00 bits per heavy atom. The predicted octanol–water partition coefficient (Wildman–Crippen LogP) is -0.879. The lowest BCUT2D eigenvalue weighted by Gasteiger charge is -2.01. The largest absolute Gasteiger partial charge is 0.464 e. The van der Waals surface area contributed by atoms with Gasteiger partial charge in [-0.2, -0.15) is 5.10 Å². The summed E-state index contributed by atoms with van der Waals surface area (Å²) in [4.78, 5) is 11.1. The number of ether oxygens (including phenoxy) is 1. The van der Waals surface area contributed by atoms with Crippen molar-refractivity contribution in [2.45, 2.75) is 13.2 Å². The van der Waals surface area contributed by atoms with Crippen LogP contribution in [0.3, 0.4) is 0 Å². The van der Waals surface area contributed by atoms with E-state index in [2.05, 4.69) is 9.84 Å². The Morgan fingerprint density at radius 1 is 1.79 bits per heavy atom. The van der Waals surface area contributed by atoms with Gasteiger partial charge in [-0.1, -0.05) is 0 Å². The fraction of sp³-hybridized carbons (Fsp3) is 0.500. The molecule has 0 fully saturated rings. The first kappa shape index (κ1) is 10.7. The van der Waals surface area contributed by atoms with Gasteiger partial charge in [0, 0.05) is 6.54 Å². The van der Waals surface area contributed by atoms with Gasteiger partial charge in [0.05, 0.1) is 26.0 Å². The molecule has 0 spiro atoms. The molecule has 1 aromatic rings. The molecule has 0 aliphatic heterocycles. The first-order valence-corrected chi connectivity index (χ1v) is 4.19. The molecule has 0 amide bonds. The number of hydrogen-bond donors (Lipinski definition) is 2. The van der Waals surface area contributed by atoms with Crippen LogP contribution in [0.2, 0.25) is 0 Å². The molecule has 0 radical (unpaired) electrons.